The molecule has 1 saturated heterocycles. The molecule has 0 amide bonds. The standard InChI is InChI=1S/C20H28O6/c1-6-9(2)18(23)26-13-8-14(21)20(5)16(13)10(3)7-12-15(17(20)22)11(4)19(24)25-12/h6,10,12-17,21-22H,4,7-8H2,1-3,5H3. The van der Waals surface area contributed by atoms with Crippen LogP contribution in [0.1, 0.15) is 40.5 Å². The van der Waals surface area contributed by atoms with E-state index in [2.05, 4.69) is 6.58 Å². The Morgan fingerprint density at radius 1 is 1.38 bits per heavy atom. The van der Waals surface area contributed by atoms with Gasteiger partial charge in [0.15, 0.2) is 0 Å². The van der Waals surface area contributed by atoms with Gasteiger partial charge in [-0.1, -0.05) is 26.5 Å². The fraction of sp³-hybridized carbons (Fsp3) is 0.700. The number of ether oxygens (including phenoxy) is 2. The summed E-state index contributed by atoms with van der Waals surface area (Å²) in [6.45, 7) is 11.1. The number of fused-ring (bicyclic) bond motifs is 2. The van der Waals surface area contributed by atoms with Crippen LogP contribution >= 0.6 is 0 Å². The van der Waals surface area contributed by atoms with Crippen LogP contribution in [-0.4, -0.2) is 46.6 Å². The van der Waals surface area contributed by atoms with E-state index >= 15 is 0 Å². The molecule has 8 atom stereocenters. The van der Waals surface area contributed by atoms with Crippen molar-refractivity contribution in [3.05, 3.63) is 23.8 Å². The van der Waals surface area contributed by atoms with Gasteiger partial charge in [-0.15, -0.1) is 0 Å². The van der Waals surface area contributed by atoms with Crippen molar-refractivity contribution in [3.8, 4) is 0 Å². The molecule has 3 rings (SSSR count). The Hall–Kier alpha value is -1.66. The first-order chi connectivity index (χ1) is 12.1. The number of allylic oxidation sites excluding steroid dienone is 1. The van der Waals surface area contributed by atoms with Crippen molar-refractivity contribution < 1.29 is 29.3 Å². The summed E-state index contributed by atoms with van der Waals surface area (Å²) in [5.41, 5.74) is -0.145. The molecule has 26 heavy (non-hydrogen) atoms. The first-order valence-corrected chi connectivity index (χ1v) is 9.22. The van der Waals surface area contributed by atoms with Gasteiger partial charge in [0.05, 0.1) is 18.1 Å². The van der Waals surface area contributed by atoms with E-state index in [0.717, 1.165) is 0 Å². The topological polar surface area (TPSA) is 93.1 Å². The Labute approximate surface area is 153 Å². The molecule has 1 aliphatic heterocycles. The van der Waals surface area contributed by atoms with Crippen molar-refractivity contribution in [2.24, 2.45) is 23.2 Å². The molecule has 0 aromatic heterocycles. The van der Waals surface area contributed by atoms with Crippen molar-refractivity contribution in [3.63, 3.8) is 0 Å². The molecule has 3 aliphatic rings. The second kappa shape index (κ2) is 6.50. The average molecular weight is 364 g/mol. The molecule has 0 aromatic rings. The van der Waals surface area contributed by atoms with Crippen molar-refractivity contribution in [1.82, 2.24) is 0 Å². The lowest BCUT2D eigenvalue weighted by Gasteiger charge is -2.41. The monoisotopic (exact) mass is 364 g/mol. The molecule has 2 saturated carbocycles. The maximum Gasteiger partial charge on any atom is 0.334 e. The van der Waals surface area contributed by atoms with Gasteiger partial charge in [0, 0.05) is 28.9 Å². The van der Waals surface area contributed by atoms with Crippen molar-refractivity contribution in [2.75, 3.05) is 0 Å². The van der Waals surface area contributed by atoms with E-state index in [9.17, 15) is 19.8 Å². The van der Waals surface area contributed by atoms with Crippen LogP contribution in [0.2, 0.25) is 0 Å². The predicted octanol–water partition coefficient (Wildman–Crippen LogP) is 1.75. The smallest absolute Gasteiger partial charge is 0.334 e. The van der Waals surface area contributed by atoms with Gasteiger partial charge in [-0.05, 0) is 26.2 Å². The highest BCUT2D eigenvalue weighted by Gasteiger charge is 2.64. The summed E-state index contributed by atoms with van der Waals surface area (Å²) in [5.74, 6) is -1.67. The summed E-state index contributed by atoms with van der Waals surface area (Å²) in [6, 6.07) is 0. The van der Waals surface area contributed by atoms with Gasteiger partial charge >= 0.3 is 11.9 Å². The number of hydrogen-bond donors (Lipinski definition) is 2. The highest BCUT2D eigenvalue weighted by atomic mass is 16.6. The Morgan fingerprint density at radius 3 is 2.65 bits per heavy atom. The molecule has 0 aromatic carbocycles. The van der Waals surface area contributed by atoms with E-state index in [0.29, 0.717) is 12.0 Å². The van der Waals surface area contributed by atoms with E-state index in [-0.39, 0.29) is 23.8 Å². The zero-order valence-corrected chi connectivity index (χ0v) is 15.8. The maximum atomic E-state index is 12.3. The fourth-order valence-electron chi connectivity index (χ4n) is 5.22. The van der Waals surface area contributed by atoms with Crippen molar-refractivity contribution >= 4 is 11.9 Å². The molecular weight excluding hydrogens is 336 g/mol. The minimum Gasteiger partial charge on any atom is -0.459 e. The van der Waals surface area contributed by atoms with Crippen molar-refractivity contribution in [1.29, 1.82) is 0 Å². The van der Waals surface area contributed by atoms with E-state index in [1.807, 2.05) is 13.8 Å². The van der Waals surface area contributed by atoms with E-state index in [1.54, 1.807) is 19.9 Å². The normalized spacial score (nSPS) is 45.6. The highest BCUT2D eigenvalue weighted by molar-refractivity contribution is 5.91. The number of hydrogen-bond acceptors (Lipinski definition) is 6. The molecule has 0 bridgehead atoms. The SMILES string of the molecule is C=C1C(=O)OC2CC(C)C3C(OC(=O)C(C)=CC)CC(O)C3(C)C(O)C12. The van der Waals surface area contributed by atoms with E-state index in [4.69, 9.17) is 9.47 Å². The second-order valence-electron chi connectivity index (χ2n) is 8.21. The van der Waals surface area contributed by atoms with Gasteiger partial charge in [0.2, 0.25) is 0 Å². The van der Waals surface area contributed by atoms with Crippen LogP contribution in [0, 0.1) is 23.2 Å². The largest absolute Gasteiger partial charge is 0.459 e. The van der Waals surface area contributed by atoms with Gasteiger partial charge in [-0.2, -0.15) is 0 Å². The van der Waals surface area contributed by atoms with Crippen LogP contribution in [0.4, 0.5) is 0 Å². The molecule has 0 spiro atoms. The Balaban J connectivity index is 1.96. The maximum absolute atomic E-state index is 12.3. The van der Waals surface area contributed by atoms with Crippen LogP contribution in [0.25, 0.3) is 0 Å². The first-order valence-electron chi connectivity index (χ1n) is 9.22. The average Bonchev–Trinajstić information content (AvgIpc) is 2.97. The lowest BCUT2D eigenvalue weighted by molar-refractivity contribution is -0.150. The zero-order valence-electron chi connectivity index (χ0n) is 15.8. The van der Waals surface area contributed by atoms with Gasteiger partial charge in [-0.3, -0.25) is 0 Å². The number of carbonyl (C=O) groups is 2. The zero-order chi connectivity index (χ0) is 19.4. The molecule has 2 aliphatic carbocycles. The summed E-state index contributed by atoms with van der Waals surface area (Å²) in [6.07, 6.45) is -0.307. The summed E-state index contributed by atoms with van der Waals surface area (Å²) in [5, 5.41) is 22.0. The molecule has 6 heteroatoms. The van der Waals surface area contributed by atoms with Crippen LogP contribution < -0.4 is 0 Å². The Kier molecular flexibility index (Phi) is 4.78. The molecular formula is C20H28O6. The van der Waals surface area contributed by atoms with Gasteiger partial charge in [0.25, 0.3) is 0 Å². The van der Waals surface area contributed by atoms with Gasteiger partial charge in [0.1, 0.15) is 12.2 Å². The third-order valence-corrected chi connectivity index (χ3v) is 6.82. The van der Waals surface area contributed by atoms with Crippen LogP contribution in [-0.2, 0) is 19.1 Å². The molecule has 0 radical (unpaired) electrons. The number of aliphatic hydroxyl groups is 2. The summed E-state index contributed by atoms with van der Waals surface area (Å²) in [4.78, 5) is 24.2. The fourth-order valence-corrected chi connectivity index (χ4v) is 5.22. The molecule has 144 valence electrons. The molecule has 1 heterocycles. The van der Waals surface area contributed by atoms with Crippen LogP contribution in [0.3, 0.4) is 0 Å². The van der Waals surface area contributed by atoms with Crippen LogP contribution in [0.5, 0.6) is 0 Å². The molecule has 6 nitrogen and oxygen atoms in total. The minimum atomic E-state index is -0.997. The number of esters is 2. The third-order valence-electron chi connectivity index (χ3n) is 6.82. The number of carbonyl (C=O) groups excluding carboxylic acids is 2. The first kappa shape index (κ1) is 19.1. The van der Waals surface area contributed by atoms with Crippen molar-refractivity contribution in [2.45, 2.75) is 65.0 Å². The van der Waals surface area contributed by atoms with E-state index in [1.165, 1.54) is 0 Å². The predicted molar refractivity (Wildman–Crippen MR) is 93.8 cm³/mol. The summed E-state index contributed by atoms with van der Waals surface area (Å²) < 4.78 is 11.1. The lowest BCUT2D eigenvalue weighted by atomic mass is 9.67. The Morgan fingerprint density at radius 2 is 2.04 bits per heavy atom. The van der Waals surface area contributed by atoms with E-state index < -0.39 is 47.7 Å². The third kappa shape index (κ3) is 2.62. The minimum absolute atomic E-state index is 0.00999. The number of rotatable bonds is 2. The molecule has 2 N–H and O–H groups in total. The molecule has 8 unspecified atom stereocenters. The molecule has 3 fully saturated rings. The number of aliphatic hydroxyl groups excluding tert-OH is 2. The summed E-state index contributed by atoms with van der Waals surface area (Å²) >= 11 is 0. The van der Waals surface area contributed by atoms with Crippen LogP contribution in [0.15, 0.2) is 23.8 Å². The van der Waals surface area contributed by atoms with Gasteiger partial charge in [-0.25, -0.2) is 9.59 Å². The highest BCUT2D eigenvalue weighted by Crippen LogP contribution is 2.57. The summed E-state index contributed by atoms with van der Waals surface area (Å²) in [7, 11) is 0. The lowest BCUT2D eigenvalue weighted by Crippen LogP contribution is -2.49. The second-order valence-corrected chi connectivity index (χ2v) is 8.21. The Bertz CT molecular complexity index is 667. The quantitative estimate of drug-likeness (QED) is 0.573. The van der Waals surface area contributed by atoms with Gasteiger partial charge < -0.3 is 19.7 Å².